The number of fused-ring (bicyclic) bond motifs is 1. The minimum atomic E-state index is 0.420. The van der Waals surface area contributed by atoms with Gasteiger partial charge in [0, 0.05) is 37.2 Å². The number of benzene rings is 1. The Morgan fingerprint density at radius 3 is 2.76 bits per heavy atom. The van der Waals surface area contributed by atoms with Gasteiger partial charge in [0.15, 0.2) is 11.8 Å². The van der Waals surface area contributed by atoms with Crippen molar-refractivity contribution in [1.82, 2.24) is 25.8 Å². The SMILES string of the molecule is CN=C(NCCc1noc(-c2ccccn2)n1)NCc1oc2ccccc2c1C. The first-order valence-corrected chi connectivity index (χ1v) is 9.40. The molecule has 0 unspecified atom stereocenters. The molecule has 0 saturated carbocycles. The molecule has 0 fully saturated rings. The van der Waals surface area contributed by atoms with E-state index >= 15 is 0 Å². The Balaban J connectivity index is 1.30. The number of furan rings is 1. The van der Waals surface area contributed by atoms with Gasteiger partial charge in [-0.2, -0.15) is 4.98 Å². The fourth-order valence-electron chi connectivity index (χ4n) is 3.02. The van der Waals surface area contributed by atoms with Crippen LogP contribution in [0.15, 0.2) is 62.6 Å². The monoisotopic (exact) mass is 390 g/mol. The molecule has 8 heteroatoms. The van der Waals surface area contributed by atoms with Gasteiger partial charge in [-0.1, -0.05) is 29.4 Å². The molecule has 0 radical (unpaired) electrons. The third-order valence-electron chi connectivity index (χ3n) is 4.58. The van der Waals surface area contributed by atoms with Crippen LogP contribution in [-0.4, -0.2) is 34.7 Å². The lowest BCUT2D eigenvalue weighted by Gasteiger charge is -2.10. The number of pyridine rings is 1. The molecule has 148 valence electrons. The number of para-hydroxylation sites is 1. The van der Waals surface area contributed by atoms with Crippen molar-refractivity contribution in [2.24, 2.45) is 4.99 Å². The molecule has 0 atom stereocenters. The topological polar surface area (TPSA) is 101 Å². The van der Waals surface area contributed by atoms with E-state index in [0.717, 1.165) is 22.3 Å². The number of rotatable bonds is 6. The molecule has 0 aliphatic heterocycles. The molecule has 3 aromatic heterocycles. The van der Waals surface area contributed by atoms with E-state index in [1.165, 1.54) is 0 Å². The van der Waals surface area contributed by atoms with Gasteiger partial charge in [-0.15, -0.1) is 0 Å². The highest BCUT2D eigenvalue weighted by Gasteiger charge is 2.11. The fraction of sp³-hybridized carbons (Fsp3) is 0.238. The van der Waals surface area contributed by atoms with Gasteiger partial charge < -0.3 is 19.6 Å². The van der Waals surface area contributed by atoms with Crippen LogP contribution in [0.2, 0.25) is 0 Å². The van der Waals surface area contributed by atoms with Crippen LogP contribution in [0.1, 0.15) is 17.1 Å². The summed E-state index contributed by atoms with van der Waals surface area (Å²) in [5.41, 5.74) is 2.70. The lowest BCUT2D eigenvalue weighted by Crippen LogP contribution is -2.38. The van der Waals surface area contributed by atoms with E-state index in [1.54, 1.807) is 13.2 Å². The summed E-state index contributed by atoms with van der Waals surface area (Å²) >= 11 is 0. The number of guanidine groups is 1. The molecule has 0 amide bonds. The van der Waals surface area contributed by atoms with Crippen molar-refractivity contribution in [3.63, 3.8) is 0 Å². The summed E-state index contributed by atoms with van der Waals surface area (Å²) in [5.74, 6) is 2.61. The van der Waals surface area contributed by atoms with Gasteiger partial charge in [-0.3, -0.25) is 9.98 Å². The maximum Gasteiger partial charge on any atom is 0.276 e. The average molecular weight is 390 g/mol. The second-order valence-electron chi connectivity index (χ2n) is 6.48. The predicted octanol–water partition coefficient (Wildman–Crippen LogP) is 3.09. The summed E-state index contributed by atoms with van der Waals surface area (Å²) in [5, 5.41) is 11.7. The van der Waals surface area contributed by atoms with Gasteiger partial charge in [-0.05, 0) is 25.1 Å². The summed E-state index contributed by atoms with van der Waals surface area (Å²) in [6.45, 7) is 3.22. The predicted molar refractivity (Wildman–Crippen MR) is 110 cm³/mol. The van der Waals surface area contributed by atoms with Crippen LogP contribution in [0.3, 0.4) is 0 Å². The maximum atomic E-state index is 5.93. The summed E-state index contributed by atoms with van der Waals surface area (Å²) in [6, 6.07) is 13.6. The van der Waals surface area contributed by atoms with Crippen molar-refractivity contribution in [2.45, 2.75) is 19.9 Å². The van der Waals surface area contributed by atoms with Crippen LogP contribution in [-0.2, 0) is 13.0 Å². The molecule has 3 heterocycles. The molecular weight excluding hydrogens is 368 g/mol. The second-order valence-corrected chi connectivity index (χ2v) is 6.48. The quantitative estimate of drug-likeness (QED) is 0.385. The van der Waals surface area contributed by atoms with Crippen molar-refractivity contribution >= 4 is 16.9 Å². The number of hydrogen-bond donors (Lipinski definition) is 2. The maximum absolute atomic E-state index is 5.93. The number of aliphatic imine (C=N–C) groups is 1. The van der Waals surface area contributed by atoms with Crippen molar-refractivity contribution in [3.8, 4) is 11.6 Å². The molecule has 1 aromatic carbocycles. The molecule has 0 aliphatic rings. The first-order valence-electron chi connectivity index (χ1n) is 9.40. The first-order chi connectivity index (χ1) is 14.2. The van der Waals surface area contributed by atoms with E-state index in [0.29, 0.717) is 42.9 Å². The van der Waals surface area contributed by atoms with Crippen LogP contribution in [0, 0.1) is 6.92 Å². The number of aromatic nitrogens is 3. The van der Waals surface area contributed by atoms with Crippen molar-refractivity contribution in [2.75, 3.05) is 13.6 Å². The van der Waals surface area contributed by atoms with Crippen LogP contribution in [0.25, 0.3) is 22.6 Å². The third-order valence-corrected chi connectivity index (χ3v) is 4.58. The highest BCUT2D eigenvalue weighted by atomic mass is 16.5. The van der Waals surface area contributed by atoms with E-state index < -0.39 is 0 Å². The van der Waals surface area contributed by atoms with Gasteiger partial charge in [0.05, 0.1) is 6.54 Å². The first kappa shape index (κ1) is 18.7. The Bertz CT molecular complexity index is 1120. The lowest BCUT2D eigenvalue weighted by atomic mass is 10.1. The summed E-state index contributed by atoms with van der Waals surface area (Å²) in [7, 11) is 1.73. The van der Waals surface area contributed by atoms with Crippen molar-refractivity contribution in [3.05, 3.63) is 65.8 Å². The summed E-state index contributed by atoms with van der Waals surface area (Å²) in [6.07, 6.45) is 2.29. The number of aryl methyl sites for hydroxylation is 1. The highest BCUT2D eigenvalue weighted by molar-refractivity contribution is 5.82. The van der Waals surface area contributed by atoms with Crippen LogP contribution < -0.4 is 10.6 Å². The standard InChI is InChI=1S/C21H22N6O2/c1-14-15-7-3-4-9-17(15)28-18(14)13-25-21(22-2)24-12-10-19-26-20(29-27-19)16-8-5-6-11-23-16/h3-9,11H,10,12-13H2,1-2H3,(H2,22,24,25). The third kappa shape index (κ3) is 4.26. The molecule has 2 N–H and O–H groups in total. The minimum absolute atomic E-state index is 0.420. The van der Waals surface area contributed by atoms with Gasteiger partial charge >= 0.3 is 0 Å². The number of hydrogen-bond acceptors (Lipinski definition) is 6. The van der Waals surface area contributed by atoms with E-state index in [9.17, 15) is 0 Å². The molecule has 0 bridgehead atoms. The molecule has 0 spiro atoms. The lowest BCUT2D eigenvalue weighted by molar-refractivity contribution is 0.421. The van der Waals surface area contributed by atoms with Crippen molar-refractivity contribution < 1.29 is 8.94 Å². The Kier molecular flexibility index (Phi) is 5.51. The van der Waals surface area contributed by atoms with Gasteiger partial charge in [-0.25, -0.2) is 0 Å². The Labute approximate surface area is 168 Å². The zero-order chi connectivity index (χ0) is 20.1. The normalized spacial score (nSPS) is 11.7. The van der Waals surface area contributed by atoms with Crippen LogP contribution in [0.4, 0.5) is 0 Å². The summed E-state index contributed by atoms with van der Waals surface area (Å²) in [4.78, 5) is 12.8. The molecule has 0 saturated heterocycles. The molecule has 8 nitrogen and oxygen atoms in total. The van der Waals surface area contributed by atoms with E-state index in [-0.39, 0.29) is 0 Å². The zero-order valence-corrected chi connectivity index (χ0v) is 16.3. The fourth-order valence-corrected chi connectivity index (χ4v) is 3.02. The Morgan fingerprint density at radius 1 is 1.10 bits per heavy atom. The number of nitrogens with zero attached hydrogens (tertiary/aromatic N) is 4. The van der Waals surface area contributed by atoms with Crippen LogP contribution in [0.5, 0.6) is 0 Å². The second kappa shape index (κ2) is 8.55. The van der Waals surface area contributed by atoms with Gasteiger partial charge in [0.2, 0.25) is 0 Å². The largest absolute Gasteiger partial charge is 0.459 e. The molecule has 4 rings (SSSR count). The summed E-state index contributed by atoms with van der Waals surface area (Å²) < 4.78 is 11.2. The average Bonchev–Trinajstić information content (AvgIpc) is 3.36. The minimum Gasteiger partial charge on any atom is -0.459 e. The number of nitrogens with one attached hydrogen (secondary N) is 2. The Hall–Kier alpha value is -3.68. The molecular formula is C21H22N6O2. The van der Waals surface area contributed by atoms with E-state index in [1.807, 2.05) is 36.4 Å². The van der Waals surface area contributed by atoms with Gasteiger partial charge in [0.1, 0.15) is 17.0 Å². The molecule has 4 aromatic rings. The van der Waals surface area contributed by atoms with E-state index in [2.05, 4.69) is 43.7 Å². The Morgan fingerprint density at radius 2 is 1.97 bits per heavy atom. The smallest absolute Gasteiger partial charge is 0.276 e. The zero-order valence-electron chi connectivity index (χ0n) is 16.3. The highest BCUT2D eigenvalue weighted by Crippen LogP contribution is 2.24. The molecule has 29 heavy (non-hydrogen) atoms. The van der Waals surface area contributed by atoms with Crippen molar-refractivity contribution in [1.29, 1.82) is 0 Å². The van der Waals surface area contributed by atoms with E-state index in [4.69, 9.17) is 8.94 Å². The molecule has 0 aliphatic carbocycles. The van der Waals surface area contributed by atoms with Crippen LogP contribution >= 0.6 is 0 Å². The van der Waals surface area contributed by atoms with Gasteiger partial charge in [0.25, 0.3) is 5.89 Å².